The first kappa shape index (κ1) is 11.5. The topological polar surface area (TPSA) is 32.3 Å². The number of rotatable bonds is 0. The molecule has 0 unspecified atom stereocenters. The summed E-state index contributed by atoms with van der Waals surface area (Å²) in [6.07, 6.45) is 0. The highest BCUT2D eigenvalue weighted by Crippen LogP contribution is 2.36. The quantitative estimate of drug-likeness (QED) is 0.638. The molecule has 0 radical (unpaired) electrons. The normalized spacial score (nSPS) is 29.8. The fourth-order valence-electron chi connectivity index (χ4n) is 1.86. The first-order chi connectivity index (χ1) is 6.03. The maximum absolute atomic E-state index is 11.9. The van der Waals surface area contributed by atoms with Crippen LogP contribution in [0.2, 0.25) is 0 Å². The van der Waals surface area contributed by atoms with Crippen LogP contribution < -0.4 is 5.32 Å². The number of hydrogen-bond acceptors (Lipinski definition) is 2. The van der Waals surface area contributed by atoms with Crippen LogP contribution in [0.1, 0.15) is 41.5 Å². The summed E-state index contributed by atoms with van der Waals surface area (Å²) < 4.78 is 0. The van der Waals surface area contributed by atoms with Gasteiger partial charge in [-0.25, -0.2) is 0 Å². The third-order valence-electron chi connectivity index (χ3n) is 4.19. The molecule has 1 aliphatic rings. The van der Waals surface area contributed by atoms with Gasteiger partial charge in [0.2, 0.25) is 5.91 Å². The van der Waals surface area contributed by atoms with Gasteiger partial charge in [-0.2, -0.15) is 0 Å². The minimum absolute atomic E-state index is 0.0512. The zero-order chi connectivity index (χ0) is 11.4. The zero-order valence-corrected chi connectivity index (χ0v) is 10.4. The number of carbonyl (C=O) groups is 1. The summed E-state index contributed by atoms with van der Waals surface area (Å²) >= 11 is 0. The molecule has 1 saturated heterocycles. The predicted octanol–water partition coefficient (Wildman–Crippen LogP) is 1.38. The molecule has 1 rings (SSSR count). The van der Waals surface area contributed by atoms with E-state index in [4.69, 9.17) is 0 Å². The van der Waals surface area contributed by atoms with Crippen LogP contribution in [0.25, 0.3) is 0 Å². The second-order valence-electron chi connectivity index (χ2n) is 5.76. The molecule has 14 heavy (non-hydrogen) atoms. The summed E-state index contributed by atoms with van der Waals surface area (Å²) in [5.41, 5.74) is -0.683. The van der Waals surface area contributed by atoms with Gasteiger partial charge in [0.05, 0.1) is 11.1 Å². The molecule has 0 aromatic heterocycles. The summed E-state index contributed by atoms with van der Waals surface area (Å²) in [6.45, 7) is 12.4. The molecule has 0 aliphatic carbocycles. The Hall–Kier alpha value is -0.570. The van der Waals surface area contributed by atoms with Gasteiger partial charge in [0.1, 0.15) is 0 Å². The largest absolute Gasteiger partial charge is 0.348 e. The van der Waals surface area contributed by atoms with Crippen molar-refractivity contribution in [2.24, 2.45) is 0 Å². The van der Waals surface area contributed by atoms with Crippen molar-refractivity contribution < 1.29 is 4.79 Å². The van der Waals surface area contributed by atoms with Crippen LogP contribution in [0.4, 0.5) is 0 Å². The molecular formula is C11H22N2O. The van der Waals surface area contributed by atoms with Crippen molar-refractivity contribution in [1.29, 1.82) is 0 Å². The maximum atomic E-state index is 11.9. The van der Waals surface area contributed by atoms with E-state index in [2.05, 4.69) is 37.9 Å². The number of nitrogens with one attached hydrogen (secondary N) is 1. The highest BCUT2D eigenvalue weighted by molar-refractivity contribution is 5.87. The molecule has 0 saturated carbocycles. The van der Waals surface area contributed by atoms with E-state index < -0.39 is 5.54 Å². The van der Waals surface area contributed by atoms with E-state index in [9.17, 15) is 4.79 Å². The number of hydrogen-bond donors (Lipinski definition) is 1. The van der Waals surface area contributed by atoms with Crippen LogP contribution in [-0.2, 0) is 4.79 Å². The molecule has 0 aromatic carbocycles. The Labute approximate surface area is 86.9 Å². The molecule has 82 valence electrons. The third-order valence-corrected chi connectivity index (χ3v) is 4.19. The van der Waals surface area contributed by atoms with Gasteiger partial charge in [-0.15, -0.1) is 0 Å². The van der Waals surface area contributed by atoms with Crippen molar-refractivity contribution in [2.75, 3.05) is 7.05 Å². The van der Waals surface area contributed by atoms with Crippen molar-refractivity contribution in [3.8, 4) is 0 Å². The maximum Gasteiger partial charge on any atom is 0.240 e. The second kappa shape index (κ2) is 2.72. The monoisotopic (exact) mass is 198 g/mol. The molecular weight excluding hydrogens is 176 g/mol. The standard InChI is InChI=1S/C11H22N2O/c1-9(2)8(14)12-10(3,4)11(5,6)13(9)7/h1-7H3,(H,12,14). The van der Waals surface area contributed by atoms with Crippen molar-refractivity contribution in [2.45, 2.75) is 58.2 Å². The summed E-state index contributed by atoms with van der Waals surface area (Å²) in [5.74, 6) is 0.101. The Morgan fingerprint density at radius 1 is 1.07 bits per heavy atom. The number of nitrogens with zero attached hydrogens (tertiary/aromatic N) is 1. The summed E-state index contributed by atoms with van der Waals surface area (Å²) in [6, 6.07) is 0. The average Bonchev–Trinajstić information content (AvgIpc) is 1.99. The van der Waals surface area contributed by atoms with E-state index in [-0.39, 0.29) is 17.0 Å². The highest BCUT2D eigenvalue weighted by atomic mass is 16.2. The van der Waals surface area contributed by atoms with E-state index in [1.165, 1.54) is 0 Å². The van der Waals surface area contributed by atoms with Gasteiger partial charge in [0, 0.05) is 5.54 Å². The number of amides is 1. The zero-order valence-electron chi connectivity index (χ0n) is 10.4. The Balaban J connectivity index is 3.17. The fraction of sp³-hybridized carbons (Fsp3) is 0.909. The molecule has 0 bridgehead atoms. The predicted molar refractivity (Wildman–Crippen MR) is 58.1 cm³/mol. The molecule has 3 nitrogen and oxygen atoms in total. The minimum atomic E-state index is -0.432. The van der Waals surface area contributed by atoms with Crippen LogP contribution in [0.3, 0.4) is 0 Å². The molecule has 1 aliphatic heterocycles. The molecule has 0 atom stereocenters. The van der Waals surface area contributed by atoms with E-state index in [1.54, 1.807) is 0 Å². The minimum Gasteiger partial charge on any atom is -0.348 e. The summed E-state index contributed by atoms with van der Waals surface area (Å²) in [7, 11) is 2.01. The van der Waals surface area contributed by atoms with Gasteiger partial charge < -0.3 is 5.32 Å². The SMILES string of the molecule is CN1C(C)(C)C(=O)NC(C)(C)C1(C)C. The van der Waals surface area contributed by atoms with Crippen molar-refractivity contribution in [1.82, 2.24) is 10.2 Å². The van der Waals surface area contributed by atoms with Crippen LogP contribution in [-0.4, -0.2) is 34.5 Å². The number of likely N-dealkylation sites (N-methyl/N-ethyl adjacent to an activating group) is 1. The lowest BCUT2D eigenvalue weighted by molar-refractivity contribution is -0.149. The first-order valence-electron chi connectivity index (χ1n) is 5.10. The Bertz CT molecular complexity index is 266. The van der Waals surface area contributed by atoms with Gasteiger partial charge in [-0.1, -0.05) is 0 Å². The molecule has 1 heterocycles. The van der Waals surface area contributed by atoms with E-state index in [1.807, 2.05) is 20.9 Å². The van der Waals surface area contributed by atoms with Crippen molar-refractivity contribution >= 4 is 5.91 Å². The molecule has 3 heteroatoms. The lowest BCUT2D eigenvalue weighted by Gasteiger charge is -2.58. The number of piperazine rings is 1. The van der Waals surface area contributed by atoms with Crippen LogP contribution >= 0.6 is 0 Å². The van der Waals surface area contributed by atoms with Gasteiger partial charge in [-0.05, 0) is 48.6 Å². The molecule has 1 amide bonds. The fourth-order valence-corrected chi connectivity index (χ4v) is 1.86. The van der Waals surface area contributed by atoms with Crippen LogP contribution in [0.5, 0.6) is 0 Å². The Morgan fingerprint density at radius 3 is 1.93 bits per heavy atom. The molecule has 1 fully saturated rings. The molecule has 0 aromatic rings. The van der Waals surface area contributed by atoms with E-state index in [0.29, 0.717) is 0 Å². The first-order valence-corrected chi connectivity index (χ1v) is 5.10. The van der Waals surface area contributed by atoms with Crippen LogP contribution in [0.15, 0.2) is 0 Å². The van der Waals surface area contributed by atoms with Gasteiger partial charge >= 0.3 is 0 Å². The average molecular weight is 198 g/mol. The Kier molecular flexibility index (Phi) is 2.24. The Morgan fingerprint density at radius 2 is 1.50 bits per heavy atom. The lowest BCUT2D eigenvalue weighted by Crippen LogP contribution is -2.77. The lowest BCUT2D eigenvalue weighted by atomic mass is 9.75. The summed E-state index contributed by atoms with van der Waals surface area (Å²) in [5, 5.41) is 3.09. The van der Waals surface area contributed by atoms with Gasteiger partial charge in [0.15, 0.2) is 0 Å². The van der Waals surface area contributed by atoms with Crippen molar-refractivity contribution in [3.05, 3.63) is 0 Å². The highest BCUT2D eigenvalue weighted by Gasteiger charge is 2.53. The van der Waals surface area contributed by atoms with Crippen LogP contribution in [0, 0.1) is 0 Å². The van der Waals surface area contributed by atoms with E-state index >= 15 is 0 Å². The van der Waals surface area contributed by atoms with Gasteiger partial charge in [-0.3, -0.25) is 9.69 Å². The third kappa shape index (κ3) is 1.26. The van der Waals surface area contributed by atoms with Crippen molar-refractivity contribution in [3.63, 3.8) is 0 Å². The smallest absolute Gasteiger partial charge is 0.240 e. The molecule has 0 spiro atoms. The summed E-state index contributed by atoms with van der Waals surface area (Å²) in [4.78, 5) is 14.0. The van der Waals surface area contributed by atoms with Gasteiger partial charge in [0.25, 0.3) is 0 Å². The number of carbonyl (C=O) groups excluding carboxylic acids is 1. The second-order valence-corrected chi connectivity index (χ2v) is 5.76. The van der Waals surface area contributed by atoms with E-state index in [0.717, 1.165) is 0 Å². The molecule has 1 N–H and O–H groups in total.